The van der Waals surface area contributed by atoms with Gasteiger partial charge in [-0.05, 0) is 31.0 Å². The molecule has 24 heavy (non-hydrogen) atoms. The van der Waals surface area contributed by atoms with Crippen LogP contribution in [0.5, 0.6) is 0 Å². The van der Waals surface area contributed by atoms with Gasteiger partial charge < -0.3 is 10.6 Å². The average molecular weight is 466 g/mol. The summed E-state index contributed by atoms with van der Waals surface area (Å²) in [6.07, 6.45) is 4.97. The lowest BCUT2D eigenvalue weighted by atomic mass is 10.1. The highest BCUT2D eigenvalue weighted by Gasteiger charge is 2.15. The first-order chi connectivity index (χ1) is 11.0. The van der Waals surface area contributed by atoms with E-state index in [1.54, 1.807) is 7.05 Å². The maximum Gasteiger partial charge on any atom is 0.215 e. The van der Waals surface area contributed by atoms with Crippen LogP contribution >= 0.6 is 24.0 Å². The number of benzene rings is 1. The molecule has 1 fully saturated rings. The molecule has 1 aliphatic carbocycles. The molecular weight excluding hydrogens is 439 g/mol. The Bertz CT molecular complexity index is 626. The maximum absolute atomic E-state index is 11.5. The Morgan fingerprint density at radius 2 is 1.75 bits per heavy atom. The van der Waals surface area contributed by atoms with Crippen LogP contribution in [-0.4, -0.2) is 34.5 Å². The Hall–Kier alpha value is -0.870. The molecule has 0 amide bonds. The molecule has 0 aromatic heterocycles. The zero-order valence-corrected chi connectivity index (χ0v) is 17.4. The Kier molecular flexibility index (Phi) is 8.99. The van der Waals surface area contributed by atoms with E-state index in [1.807, 2.05) is 24.3 Å². The summed E-state index contributed by atoms with van der Waals surface area (Å²) >= 11 is 0. The number of guanidine groups is 1. The smallest absolute Gasteiger partial charge is 0.215 e. The predicted octanol–water partition coefficient (Wildman–Crippen LogP) is 1.96. The molecule has 2 rings (SSSR count). The second-order valence-electron chi connectivity index (χ2n) is 5.83. The van der Waals surface area contributed by atoms with E-state index < -0.39 is 10.0 Å². The third-order valence-corrected chi connectivity index (χ3v) is 5.41. The van der Waals surface area contributed by atoms with Crippen molar-refractivity contribution in [3.05, 3.63) is 35.4 Å². The van der Waals surface area contributed by atoms with Gasteiger partial charge in [-0.25, -0.2) is 13.1 Å². The number of rotatable bonds is 6. The average Bonchev–Trinajstić information content (AvgIpc) is 3.05. The molecular formula is C16H27IN4O2S. The zero-order chi connectivity index (χ0) is 16.7. The van der Waals surface area contributed by atoms with Crippen LogP contribution in [-0.2, 0) is 22.3 Å². The van der Waals surface area contributed by atoms with Crippen LogP contribution in [0.15, 0.2) is 29.3 Å². The highest BCUT2D eigenvalue weighted by atomic mass is 127. The Labute approximate surface area is 162 Å². The van der Waals surface area contributed by atoms with Gasteiger partial charge in [0.15, 0.2) is 5.96 Å². The van der Waals surface area contributed by atoms with Crippen LogP contribution in [0, 0.1) is 0 Å². The van der Waals surface area contributed by atoms with E-state index in [0.717, 1.165) is 17.1 Å². The molecule has 0 unspecified atom stereocenters. The van der Waals surface area contributed by atoms with Crippen LogP contribution < -0.4 is 15.4 Å². The predicted molar refractivity (Wildman–Crippen MR) is 109 cm³/mol. The maximum atomic E-state index is 11.5. The second-order valence-corrected chi connectivity index (χ2v) is 7.76. The lowest BCUT2D eigenvalue weighted by molar-refractivity contribution is 0.587. The van der Waals surface area contributed by atoms with Gasteiger partial charge in [0.1, 0.15) is 0 Å². The van der Waals surface area contributed by atoms with Gasteiger partial charge in [-0.2, -0.15) is 0 Å². The van der Waals surface area contributed by atoms with Gasteiger partial charge in [0.25, 0.3) is 0 Å². The van der Waals surface area contributed by atoms with Crippen LogP contribution in [0.2, 0.25) is 0 Å². The number of nitrogens with one attached hydrogen (secondary N) is 3. The van der Waals surface area contributed by atoms with Crippen LogP contribution in [0.1, 0.15) is 36.8 Å². The SMILES string of the molecule is CN=C(NCc1ccc(CS(=O)(=O)NC)cc1)NC1CCCC1.I. The lowest BCUT2D eigenvalue weighted by Crippen LogP contribution is -2.41. The van der Waals surface area contributed by atoms with Gasteiger partial charge in [-0.1, -0.05) is 37.1 Å². The van der Waals surface area contributed by atoms with Gasteiger partial charge in [0, 0.05) is 19.6 Å². The minimum atomic E-state index is -3.22. The van der Waals surface area contributed by atoms with Crippen LogP contribution in [0.25, 0.3) is 0 Å². The summed E-state index contributed by atoms with van der Waals surface area (Å²) in [5.41, 5.74) is 1.86. The van der Waals surface area contributed by atoms with E-state index in [4.69, 9.17) is 0 Å². The molecule has 6 nitrogen and oxygen atoms in total. The number of aliphatic imine (C=N–C) groups is 1. The molecule has 136 valence electrons. The molecule has 0 spiro atoms. The lowest BCUT2D eigenvalue weighted by Gasteiger charge is -2.17. The van der Waals surface area contributed by atoms with E-state index in [0.29, 0.717) is 12.6 Å². The van der Waals surface area contributed by atoms with E-state index in [2.05, 4.69) is 20.3 Å². The van der Waals surface area contributed by atoms with E-state index in [1.165, 1.54) is 32.7 Å². The number of nitrogens with zero attached hydrogens (tertiary/aromatic N) is 1. The van der Waals surface area contributed by atoms with E-state index in [-0.39, 0.29) is 29.7 Å². The monoisotopic (exact) mass is 466 g/mol. The van der Waals surface area contributed by atoms with Crippen molar-refractivity contribution in [3.8, 4) is 0 Å². The molecule has 1 aliphatic rings. The van der Waals surface area contributed by atoms with Crippen molar-refractivity contribution >= 4 is 40.0 Å². The first kappa shape index (κ1) is 21.2. The van der Waals surface area contributed by atoms with Gasteiger partial charge in [-0.3, -0.25) is 4.99 Å². The molecule has 1 aromatic carbocycles. The molecule has 0 saturated heterocycles. The fourth-order valence-electron chi connectivity index (χ4n) is 2.69. The topological polar surface area (TPSA) is 82.6 Å². The van der Waals surface area contributed by atoms with Crippen molar-refractivity contribution in [1.29, 1.82) is 0 Å². The molecule has 1 aromatic rings. The van der Waals surface area contributed by atoms with Crippen molar-refractivity contribution in [3.63, 3.8) is 0 Å². The van der Waals surface area contributed by atoms with Crippen molar-refractivity contribution < 1.29 is 8.42 Å². The summed E-state index contributed by atoms with van der Waals surface area (Å²) in [6.45, 7) is 0.658. The summed E-state index contributed by atoms with van der Waals surface area (Å²) in [6, 6.07) is 8.10. The summed E-state index contributed by atoms with van der Waals surface area (Å²) in [5, 5.41) is 6.74. The highest BCUT2D eigenvalue weighted by Crippen LogP contribution is 2.17. The third kappa shape index (κ3) is 6.94. The zero-order valence-electron chi connectivity index (χ0n) is 14.2. The molecule has 8 heteroatoms. The molecule has 0 bridgehead atoms. The van der Waals surface area contributed by atoms with Crippen molar-refractivity contribution in [2.75, 3.05) is 14.1 Å². The quantitative estimate of drug-likeness (QED) is 0.340. The summed E-state index contributed by atoms with van der Waals surface area (Å²) in [5.74, 6) is 0.820. The normalized spacial score (nSPS) is 15.8. The van der Waals surface area contributed by atoms with Gasteiger partial charge in [0.2, 0.25) is 10.0 Å². The molecule has 0 heterocycles. The van der Waals surface area contributed by atoms with Gasteiger partial charge in [-0.15, -0.1) is 24.0 Å². The highest BCUT2D eigenvalue weighted by molar-refractivity contribution is 14.0. The van der Waals surface area contributed by atoms with Crippen LogP contribution in [0.4, 0.5) is 0 Å². The van der Waals surface area contributed by atoms with Crippen LogP contribution in [0.3, 0.4) is 0 Å². The first-order valence-corrected chi connectivity index (χ1v) is 9.64. The fraction of sp³-hybridized carbons (Fsp3) is 0.562. The van der Waals surface area contributed by atoms with Gasteiger partial charge >= 0.3 is 0 Å². The number of sulfonamides is 1. The number of halogens is 1. The molecule has 1 saturated carbocycles. The molecule has 3 N–H and O–H groups in total. The minimum absolute atomic E-state index is 0. The van der Waals surface area contributed by atoms with Crippen molar-refractivity contribution in [2.45, 2.75) is 44.0 Å². The standard InChI is InChI=1S/C16H26N4O2S.HI/c1-17-16(20-15-5-3-4-6-15)19-11-13-7-9-14(10-8-13)12-23(21,22)18-2;/h7-10,15,18H,3-6,11-12H2,1-2H3,(H2,17,19,20);1H. The molecule has 0 aliphatic heterocycles. The summed E-state index contributed by atoms with van der Waals surface area (Å²) in [4.78, 5) is 4.25. The fourth-order valence-corrected chi connectivity index (χ4v) is 3.46. The van der Waals surface area contributed by atoms with E-state index in [9.17, 15) is 8.42 Å². The first-order valence-electron chi connectivity index (χ1n) is 7.98. The summed E-state index contributed by atoms with van der Waals surface area (Å²) in [7, 11) is -0.0223. The number of hydrogen-bond acceptors (Lipinski definition) is 3. The second kappa shape index (κ2) is 10.2. The van der Waals surface area contributed by atoms with E-state index >= 15 is 0 Å². The Balaban J connectivity index is 0.00000288. The van der Waals surface area contributed by atoms with Crippen molar-refractivity contribution in [1.82, 2.24) is 15.4 Å². The minimum Gasteiger partial charge on any atom is -0.354 e. The molecule has 0 atom stereocenters. The Morgan fingerprint density at radius 3 is 2.29 bits per heavy atom. The Morgan fingerprint density at radius 1 is 1.17 bits per heavy atom. The van der Waals surface area contributed by atoms with Gasteiger partial charge in [0.05, 0.1) is 5.75 Å². The molecule has 0 radical (unpaired) electrons. The third-order valence-electron chi connectivity index (χ3n) is 4.07. The van der Waals surface area contributed by atoms with Crippen molar-refractivity contribution in [2.24, 2.45) is 4.99 Å². The number of hydrogen-bond donors (Lipinski definition) is 3. The largest absolute Gasteiger partial charge is 0.354 e. The summed E-state index contributed by atoms with van der Waals surface area (Å²) < 4.78 is 25.4.